The van der Waals surface area contributed by atoms with Crippen LogP contribution in [0.25, 0.3) is 0 Å². The van der Waals surface area contributed by atoms with Crippen molar-refractivity contribution in [3.05, 3.63) is 0 Å². The molecule has 0 aromatic heterocycles. The Balaban J connectivity index is 0.00000169. The van der Waals surface area contributed by atoms with Crippen LogP contribution in [0.5, 0.6) is 0 Å². The van der Waals surface area contributed by atoms with E-state index in [2.05, 4.69) is 0 Å². The zero-order valence-electron chi connectivity index (χ0n) is 8.43. The molecule has 1 amide bonds. The fraction of sp³-hybridized carbons (Fsp3) is 0.875. The summed E-state index contributed by atoms with van der Waals surface area (Å²) in [6, 6.07) is 0.0469. The smallest absolute Gasteiger partial charge is 0.236 e. The van der Waals surface area contributed by atoms with Crippen LogP contribution in [-0.2, 0) is 15.6 Å². The largest absolute Gasteiger partial charge is 0.337 e. The van der Waals surface area contributed by atoms with E-state index in [0.717, 1.165) is 0 Å². The lowest BCUT2D eigenvalue weighted by Crippen LogP contribution is -2.53. The van der Waals surface area contributed by atoms with Crippen LogP contribution < -0.4 is 5.73 Å². The monoisotopic (exact) mass is 240 g/mol. The number of carbonyl (C=O) groups is 1. The van der Waals surface area contributed by atoms with Crippen LogP contribution in [0.1, 0.15) is 13.8 Å². The van der Waals surface area contributed by atoms with Gasteiger partial charge >= 0.3 is 0 Å². The summed E-state index contributed by atoms with van der Waals surface area (Å²) in [5.74, 6) is 0.535. The quantitative estimate of drug-likeness (QED) is 0.687. The summed E-state index contributed by atoms with van der Waals surface area (Å²) in [5, 5.41) is 0.0595. The molecule has 0 radical (unpaired) electrons. The van der Waals surface area contributed by atoms with E-state index in [1.165, 1.54) is 0 Å². The Hall–Kier alpha value is -0.130. The van der Waals surface area contributed by atoms with Gasteiger partial charge in [-0.3, -0.25) is 9.00 Å². The topological polar surface area (TPSA) is 63.4 Å². The third-order valence-corrected chi connectivity index (χ3v) is 4.42. The minimum absolute atomic E-state index is 0. The number of halogens is 1. The third-order valence-electron chi connectivity index (χ3n) is 2.61. The van der Waals surface area contributed by atoms with Crippen molar-refractivity contribution in [3.8, 4) is 0 Å². The fourth-order valence-electron chi connectivity index (χ4n) is 1.52. The van der Waals surface area contributed by atoms with Gasteiger partial charge in [-0.1, -0.05) is 0 Å². The highest BCUT2D eigenvalue weighted by molar-refractivity contribution is 7.85. The molecule has 3 unspecified atom stereocenters. The highest BCUT2D eigenvalue weighted by atomic mass is 35.5. The van der Waals surface area contributed by atoms with Crippen LogP contribution in [0.2, 0.25) is 0 Å². The number of nitrogens with two attached hydrogens (primary N) is 1. The molecule has 4 nitrogen and oxygen atoms in total. The van der Waals surface area contributed by atoms with Gasteiger partial charge in [-0.05, 0) is 13.8 Å². The highest BCUT2D eigenvalue weighted by Crippen LogP contribution is 2.15. The molecular formula is C8H17ClN2O2S. The maximum atomic E-state index is 11.4. The molecule has 84 valence electrons. The molecular weight excluding hydrogens is 224 g/mol. The summed E-state index contributed by atoms with van der Waals surface area (Å²) >= 11 is 0. The minimum atomic E-state index is -0.789. The van der Waals surface area contributed by atoms with Gasteiger partial charge in [-0.2, -0.15) is 0 Å². The average molecular weight is 241 g/mol. The van der Waals surface area contributed by atoms with Gasteiger partial charge in [0.2, 0.25) is 5.91 Å². The van der Waals surface area contributed by atoms with Gasteiger partial charge in [0.05, 0.1) is 11.8 Å². The Morgan fingerprint density at radius 2 is 2.14 bits per heavy atom. The first-order chi connectivity index (χ1) is 6.07. The van der Waals surface area contributed by atoms with Gasteiger partial charge in [0.25, 0.3) is 0 Å². The summed E-state index contributed by atoms with van der Waals surface area (Å²) in [4.78, 5) is 13.1. The number of amides is 1. The van der Waals surface area contributed by atoms with Crippen LogP contribution in [0.3, 0.4) is 0 Å². The Morgan fingerprint density at radius 1 is 1.57 bits per heavy atom. The molecule has 2 N–H and O–H groups in total. The van der Waals surface area contributed by atoms with E-state index in [9.17, 15) is 9.00 Å². The van der Waals surface area contributed by atoms with Crippen molar-refractivity contribution < 1.29 is 9.00 Å². The average Bonchev–Trinajstić information content (AvgIpc) is 2.13. The van der Waals surface area contributed by atoms with Gasteiger partial charge in [0.15, 0.2) is 0 Å². The van der Waals surface area contributed by atoms with Crippen molar-refractivity contribution in [1.29, 1.82) is 0 Å². The van der Waals surface area contributed by atoms with E-state index in [4.69, 9.17) is 5.73 Å². The van der Waals surface area contributed by atoms with E-state index < -0.39 is 10.8 Å². The van der Waals surface area contributed by atoms with Gasteiger partial charge < -0.3 is 10.6 Å². The van der Waals surface area contributed by atoms with Gasteiger partial charge in [0.1, 0.15) is 0 Å². The van der Waals surface area contributed by atoms with Gasteiger partial charge in [-0.25, -0.2) is 0 Å². The second kappa shape index (κ2) is 5.68. The SMILES string of the molecule is CC1C(C)S(=O)CCN1C(=O)CN.Cl. The minimum Gasteiger partial charge on any atom is -0.337 e. The predicted molar refractivity (Wildman–Crippen MR) is 59.9 cm³/mol. The summed E-state index contributed by atoms with van der Waals surface area (Å²) in [5.41, 5.74) is 5.28. The Kier molecular flexibility index (Phi) is 5.63. The first-order valence-electron chi connectivity index (χ1n) is 4.44. The molecule has 14 heavy (non-hydrogen) atoms. The number of hydrogen-bond donors (Lipinski definition) is 1. The van der Waals surface area contributed by atoms with Crippen molar-refractivity contribution in [1.82, 2.24) is 4.90 Å². The standard InChI is InChI=1S/C8H16N2O2S.ClH/c1-6-7(2)13(12)4-3-10(6)8(11)5-9;/h6-7H,3-5,9H2,1-2H3;1H. The number of hydrogen-bond acceptors (Lipinski definition) is 3. The fourth-order valence-corrected chi connectivity index (χ4v) is 2.85. The highest BCUT2D eigenvalue weighted by Gasteiger charge is 2.31. The first kappa shape index (κ1) is 13.9. The molecule has 1 rings (SSSR count). The molecule has 1 fully saturated rings. The molecule has 0 aromatic rings. The maximum Gasteiger partial charge on any atom is 0.236 e. The lowest BCUT2D eigenvalue weighted by molar-refractivity contribution is -0.131. The summed E-state index contributed by atoms with van der Waals surface area (Å²) in [7, 11) is -0.789. The molecule has 0 aromatic carbocycles. The third kappa shape index (κ3) is 2.68. The summed E-state index contributed by atoms with van der Waals surface area (Å²) < 4.78 is 11.4. The van der Waals surface area contributed by atoms with Crippen molar-refractivity contribution >= 4 is 29.1 Å². The van der Waals surface area contributed by atoms with Crippen LogP contribution in [0.15, 0.2) is 0 Å². The van der Waals surface area contributed by atoms with Crippen molar-refractivity contribution in [2.45, 2.75) is 25.1 Å². The van der Waals surface area contributed by atoms with Crippen LogP contribution >= 0.6 is 12.4 Å². The molecule has 1 aliphatic rings. The molecule has 6 heteroatoms. The normalized spacial score (nSPS) is 32.2. The number of rotatable bonds is 1. The van der Waals surface area contributed by atoms with Crippen molar-refractivity contribution in [2.24, 2.45) is 5.73 Å². The van der Waals surface area contributed by atoms with E-state index in [1.807, 2.05) is 13.8 Å². The van der Waals surface area contributed by atoms with E-state index in [0.29, 0.717) is 12.3 Å². The Bertz CT molecular complexity index is 237. The van der Waals surface area contributed by atoms with E-state index >= 15 is 0 Å². The number of nitrogens with zero attached hydrogens (tertiary/aromatic N) is 1. The molecule has 1 heterocycles. The molecule has 1 aliphatic heterocycles. The molecule has 0 spiro atoms. The van der Waals surface area contributed by atoms with Gasteiger partial charge in [-0.15, -0.1) is 12.4 Å². The molecule has 0 saturated carbocycles. The zero-order valence-corrected chi connectivity index (χ0v) is 10.1. The van der Waals surface area contributed by atoms with Crippen molar-refractivity contribution in [3.63, 3.8) is 0 Å². The van der Waals surface area contributed by atoms with E-state index in [-0.39, 0.29) is 36.2 Å². The lowest BCUT2D eigenvalue weighted by Gasteiger charge is -2.37. The van der Waals surface area contributed by atoms with Gasteiger partial charge in [0, 0.05) is 29.1 Å². The molecule has 3 atom stereocenters. The number of carbonyl (C=O) groups excluding carboxylic acids is 1. The second-order valence-corrected chi connectivity index (χ2v) is 5.24. The maximum absolute atomic E-state index is 11.4. The summed E-state index contributed by atoms with van der Waals surface area (Å²) in [6.45, 7) is 4.46. The van der Waals surface area contributed by atoms with Crippen LogP contribution in [0.4, 0.5) is 0 Å². The van der Waals surface area contributed by atoms with Crippen LogP contribution in [-0.4, -0.2) is 45.2 Å². The van der Waals surface area contributed by atoms with Crippen LogP contribution in [0, 0.1) is 0 Å². The van der Waals surface area contributed by atoms with E-state index in [1.54, 1.807) is 4.90 Å². The van der Waals surface area contributed by atoms with Crippen molar-refractivity contribution in [2.75, 3.05) is 18.8 Å². The first-order valence-corrected chi connectivity index (χ1v) is 5.83. The second-order valence-electron chi connectivity index (χ2n) is 3.32. The predicted octanol–water partition coefficient (Wildman–Crippen LogP) is -0.265. The molecule has 0 bridgehead atoms. The molecule has 0 aliphatic carbocycles. The Labute approximate surface area is 93.1 Å². The molecule has 1 saturated heterocycles. The Morgan fingerprint density at radius 3 is 2.64 bits per heavy atom. The zero-order chi connectivity index (χ0) is 10.0. The summed E-state index contributed by atoms with van der Waals surface area (Å²) in [6.07, 6.45) is 0. The lowest BCUT2D eigenvalue weighted by atomic mass is 10.2.